The Kier molecular flexibility index (Phi) is 3.92. The van der Waals surface area contributed by atoms with E-state index in [0.717, 1.165) is 22.1 Å². The Morgan fingerprint density at radius 3 is 2.00 bits per heavy atom. The Bertz CT molecular complexity index is 1030. The van der Waals surface area contributed by atoms with Crippen LogP contribution in [0.3, 0.4) is 0 Å². The summed E-state index contributed by atoms with van der Waals surface area (Å²) in [6, 6.07) is 25.4. The third-order valence-electron chi connectivity index (χ3n) is 4.40. The second-order valence-corrected chi connectivity index (χ2v) is 5.88. The molecule has 0 aliphatic rings. The molecule has 0 amide bonds. The van der Waals surface area contributed by atoms with Crippen LogP contribution in [0, 0.1) is 0 Å². The van der Waals surface area contributed by atoms with Crippen LogP contribution in [-0.4, -0.2) is 15.2 Å². The van der Waals surface area contributed by atoms with Crippen LogP contribution in [0.15, 0.2) is 78.9 Å². The van der Waals surface area contributed by atoms with E-state index in [9.17, 15) is 10.2 Å². The Morgan fingerprint density at radius 2 is 1.36 bits per heavy atom. The monoisotopic (exact) mass is 327 g/mol. The Hall–Kier alpha value is -3.17. The first-order valence-electron chi connectivity index (χ1n) is 8.16. The average Bonchev–Trinajstić information content (AvgIpc) is 2.67. The first-order chi connectivity index (χ1) is 12.3. The van der Waals surface area contributed by atoms with Crippen molar-refractivity contribution in [1.29, 1.82) is 0 Å². The summed E-state index contributed by atoms with van der Waals surface area (Å²) in [5, 5.41) is 21.5. The van der Waals surface area contributed by atoms with Crippen molar-refractivity contribution in [2.24, 2.45) is 0 Å². The SMILES string of the molecule is OCc1c(-c2ccccc2)c(O)nc2cccc(-c3ccccc3)c12. The van der Waals surface area contributed by atoms with Crippen molar-refractivity contribution in [3.8, 4) is 28.1 Å². The zero-order valence-electron chi connectivity index (χ0n) is 13.6. The van der Waals surface area contributed by atoms with E-state index in [0.29, 0.717) is 16.6 Å². The summed E-state index contributed by atoms with van der Waals surface area (Å²) in [7, 11) is 0. The molecule has 0 atom stereocenters. The molecule has 0 fully saturated rings. The van der Waals surface area contributed by atoms with Gasteiger partial charge in [-0.25, -0.2) is 4.98 Å². The first kappa shape index (κ1) is 15.4. The predicted octanol–water partition coefficient (Wildman–Crippen LogP) is 4.77. The van der Waals surface area contributed by atoms with Crippen LogP contribution in [0.2, 0.25) is 0 Å². The minimum atomic E-state index is -0.180. The largest absolute Gasteiger partial charge is 0.493 e. The number of aliphatic hydroxyl groups is 1. The number of hydrogen-bond acceptors (Lipinski definition) is 3. The number of nitrogens with zero attached hydrogens (tertiary/aromatic N) is 1. The van der Waals surface area contributed by atoms with E-state index in [1.54, 1.807) is 0 Å². The number of pyridine rings is 1. The number of rotatable bonds is 3. The van der Waals surface area contributed by atoms with Crippen LogP contribution < -0.4 is 0 Å². The fourth-order valence-electron chi connectivity index (χ4n) is 3.30. The van der Waals surface area contributed by atoms with Crippen molar-refractivity contribution in [2.45, 2.75) is 6.61 Å². The summed E-state index contributed by atoms with van der Waals surface area (Å²) >= 11 is 0. The summed E-state index contributed by atoms with van der Waals surface area (Å²) in [6.07, 6.45) is 0. The molecule has 0 bridgehead atoms. The number of aromatic nitrogens is 1. The number of benzene rings is 3. The average molecular weight is 327 g/mol. The molecule has 25 heavy (non-hydrogen) atoms. The molecule has 0 radical (unpaired) electrons. The second-order valence-electron chi connectivity index (χ2n) is 5.88. The fourth-order valence-corrected chi connectivity index (χ4v) is 3.30. The standard InChI is InChI=1S/C22H17NO2/c24-14-18-20(16-10-5-2-6-11-16)22(25)23-19-13-7-12-17(21(18)19)15-8-3-1-4-9-15/h1-13,24H,14H2,(H,23,25). The number of fused-ring (bicyclic) bond motifs is 1. The van der Waals surface area contributed by atoms with Gasteiger partial charge in [-0.15, -0.1) is 0 Å². The molecule has 4 aromatic rings. The lowest BCUT2D eigenvalue weighted by atomic mass is 9.92. The molecule has 1 heterocycles. The van der Waals surface area contributed by atoms with Crippen LogP contribution in [0.5, 0.6) is 5.88 Å². The van der Waals surface area contributed by atoms with E-state index >= 15 is 0 Å². The molecular formula is C22H17NO2. The first-order valence-corrected chi connectivity index (χ1v) is 8.16. The lowest BCUT2D eigenvalue weighted by Gasteiger charge is -2.16. The summed E-state index contributed by atoms with van der Waals surface area (Å²) < 4.78 is 0. The molecule has 0 unspecified atom stereocenters. The van der Waals surface area contributed by atoms with Gasteiger partial charge >= 0.3 is 0 Å². The van der Waals surface area contributed by atoms with Gasteiger partial charge in [0.1, 0.15) is 0 Å². The van der Waals surface area contributed by atoms with Crippen LogP contribution in [0.4, 0.5) is 0 Å². The van der Waals surface area contributed by atoms with Crippen LogP contribution in [-0.2, 0) is 6.61 Å². The third kappa shape index (κ3) is 2.65. The molecule has 0 saturated carbocycles. The van der Waals surface area contributed by atoms with Gasteiger partial charge in [-0.1, -0.05) is 72.8 Å². The van der Waals surface area contributed by atoms with Gasteiger partial charge in [-0.05, 0) is 22.8 Å². The maximum absolute atomic E-state index is 10.5. The van der Waals surface area contributed by atoms with Crippen molar-refractivity contribution >= 4 is 10.9 Å². The van der Waals surface area contributed by atoms with E-state index in [-0.39, 0.29) is 12.5 Å². The van der Waals surface area contributed by atoms with Gasteiger partial charge < -0.3 is 10.2 Å². The smallest absolute Gasteiger partial charge is 0.219 e. The minimum Gasteiger partial charge on any atom is -0.493 e. The molecule has 3 nitrogen and oxygen atoms in total. The number of aliphatic hydroxyl groups excluding tert-OH is 1. The highest BCUT2D eigenvalue weighted by atomic mass is 16.3. The molecule has 0 saturated heterocycles. The third-order valence-corrected chi connectivity index (χ3v) is 4.40. The number of aromatic hydroxyl groups is 1. The summed E-state index contributed by atoms with van der Waals surface area (Å²) in [4.78, 5) is 4.39. The fraction of sp³-hybridized carbons (Fsp3) is 0.0455. The number of hydrogen-bond donors (Lipinski definition) is 2. The quantitative estimate of drug-likeness (QED) is 0.570. The lowest BCUT2D eigenvalue weighted by molar-refractivity contribution is 0.283. The van der Waals surface area contributed by atoms with Gasteiger partial charge in [0.2, 0.25) is 5.88 Å². The minimum absolute atomic E-state index is 0.0621. The van der Waals surface area contributed by atoms with Crippen molar-refractivity contribution in [3.63, 3.8) is 0 Å². The summed E-state index contributed by atoms with van der Waals surface area (Å²) in [5.41, 5.74) is 4.82. The molecule has 122 valence electrons. The van der Waals surface area contributed by atoms with Gasteiger partial charge in [-0.2, -0.15) is 0 Å². The molecule has 0 aliphatic carbocycles. The second kappa shape index (κ2) is 6.38. The van der Waals surface area contributed by atoms with E-state index in [1.165, 1.54) is 0 Å². The highest BCUT2D eigenvalue weighted by Gasteiger charge is 2.18. The molecule has 2 N–H and O–H groups in total. The van der Waals surface area contributed by atoms with Crippen molar-refractivity contribution in [2.75, 3.05) is 0 Å². The topological polar surface area (TPSA) is 53.4 Å². The van der Waals surface area contributed by atoms with E-state index in [1.807, 2.05) is 78.9 Å². The van der Waals surface area contributed by atoms with Crippen LogP contribution >= 0.6 is 0 Å². The normalized spacial score (nSPS) is 10.9. The Labute approximate surface area is 145 Å². The summed E-state index contributed by atoms with van der Waals surface area (Å²) in [5.74, 6) is -0.0621. The zero-order valence-corrected chi connectivity index (χ0v) is 13.6. The van der Waals surface area contributed by atoms with Gasteiger partial charge in [0, 0.05) is 16.5 Å². The molecule has 4 rings (SSSR count). The van der Waals surface area contributed by atoms with Crippen molar-refractivity contribution in [1.82, 2.24) is 4.98 Å². The molecular weight excluding hydrogens is 310 g/mol. The molecule has 0 spiro atoms. The van der Waals surface area contributed by atoms with E-state index in [2.05, 4.69) is 4.98 Å². The van der Waals surface area contributed by atoms with Crippen LogP contribution in [0.25, 0.3) is 33.2 Å². The highest BCUT2D eigenvalue weighted by molar-refractivity contribution is 6.01. The zero-order chi connectivity index (χ0) is 17.2. The van der Waals surface area contributed by atoms with Gasteiger partial charge in [0.05, 0.1) is 12.1 Å². The molecule has 0 aliphatic heterocycles. The van der Waals surface area contributed by atoms with Crippen molar-refractivity contribution < 1.29 is 10.2 Å². The Balaban J connectivity index is 2.11. The van der Waals surface area contributed by atoms with Gasteiger partial charge in [0.15, 0.2) is 0 Å². The maximum atomic E-state index is 10.5. The lowest BCUT2D eigenvalue weighted by Crippen LogP contribution is -1.97. The summed E-state index contributed by atoms with van der Waals surface area (Å²) in [6.45, 7) is -0.180. The van der Waals surface area contributed by atoms with Crippen LogP contribution in [0.1, 0.15) is 5.56 Å². The molecule has 1 aromatic heterocycles. The highest BCUT2D eigenvalue weighted by Crippen LogP contribution is 2.39. The molecule has 3 aromatic carbocycles. The van der Waals surface area contributed by atoms with E-state index in [4.69, 9.17) is 0 Å². The maximum Gasteiger partial charge on any atom is 0.219 e. The predicted molar refractivity (Wildman–Crippen MR) is 100 cm³/mol. The van der Waals surface area contributed by atoms with Gasteiger partial charge in [0.25, 0.3) is 0 Å². The van der Waals surface area contributed by atoms with E-state index < -0.39 is 0 Å². The van der Waals surface area contributed by atoms with Crippen molar-refractivity contribution in [3.05, 3.63) is 84.4 Å². The van der Waals surface area contributed by atoms with Gasteiger partial charge in [-0.3, -0.25) is 0 Å². The molecule has 3 heteroatoms. The Morgan fingerprint density at radius 1 is 0.720 bits per heavy atom.